The second-order valence-electron chi connectivity index (χ2n) is 5.29. The zero-order chi connectivity index (χ0) is 18.7. The van der Waals surface area contributed by atoms with E-state index < -0.39 is 18.4 Å². The van der Waals surface area contributed by atoms with Gasteiger partial charge in [-0.15, -0.1) is 0 Å². The number of aromatic amines is 1. The molecule has 1 aromatic heterocycles. The summed E-state index contributed by atoms with van der Waals surface area (Å²) in [4.78, 5) is 17.8. The molecule has 130 valence electrons. The van der Waals surface area contributed by atoms with Crippen molar-refractivity contribution in [2.45, 2.75) is 0 Å². The number of nitrogens with one attached hydrogen (secondary N) is 1. The first-order valence-electron chi connectivity index (χ1n) is 7.38. The maximum Gasteiger partial charge on any atom is 0.341 e. The summed E-state index contributed by atoms with van der Waals surface area (Å²) >= 11 is 3.31. The van der Waals surface area contributed by atoms with E-state index in [-0.39, 0.29) is 5.57 Å². The van der Waals surface area contributed by atoms with Crippen molar-refractivity contribution in [2.24, 2.45) is 0 Å². The summed E-state index contributed by atoms with van der Waals surface area (Å²) in [5.41, 5.74) is 2.01. The Morgan fingerprint density at radius 1 is 1.38 bits per heavy atom. The van der Waals surface area contributed by atoms with Crippen molar-refractivity contribution in [3.8, 4) is 11.8 Å². The normalized spacial score (nSPS) is 11.3. The van der Waals surface area contributed by atoms with Crippen LogP contribution in [0.25, 0.3) is 22.7 Å². The molecule has 0 aliphatic rings. The Bertz CT molecular complexity index is 1070. The molecule has 0 bridgehead atoms. The smallest absolute Gasteiger partial charge is 0.341 e. The highest BCUT2D eigenvalue weighted by atomic mass is 79.9. The van der Waals surface area contributed by atoms with Gasteiger partial charge < -0.3 is 14.8 Å². The zero-order valence-electron chi connectivity index (χ0n) is 13.2. The summed E-state index contributed by atoms with van der Waals surface area (Å²) < 4.78 is 19.0. The minimum absolute atomic E-state index is 0.271. The largest absolute Gasteiger partial charge is 0.481 e. The molecule has 0 fully saturated rings. The Labute approximate surface area is 155 Å². The molecule has 1 heterocycles. The highest BCUT2D eigenvalue weighted by Gasteiger charge is 2.10. The fourth-order valence-electron chi connectivity index (χ4n) is 2.29. The van der Waals surface area contributed by atoms with Crippen LogP contribution in [0.4, 0.5) is 4.39 Å². The van der Waals surface area contributed by atoms with Gasteiger partial charge in [-0.25, -0.2) is 14.2 Å². The van der Waals surface area contributed by atoms with Crippen molar-refractivity contribution in [3.63, 3.8) is 0 Å². The van der Waals surface area contributed by atoms with Crippen LogP contribution in [-0.4, -0.2) is 27.7 Å². The molecule has 0 aliphatic heterocycles. The Hall–Kier alpha value is -3.18. The minimum Gasteiger partial charge on any atom is -0.481 e. The molecule has 2 N–H and O–H groups in total. The third-order valence-corrected chi connectivity index (χ3v) is 4.06. The van der Waals surface area contributed by atoms with Crippen molar-refractivity contribution in [2.75, 3.05) is 6.61 Å². The van der Waals surface area contributed by atoms with Crippen LogP contribution < -0.4 is 4.74 Å². The number of fused-ring (bicyclic) bond motifs is 1. The number of rotatable bonds is 5. The molecule has 26 heavy (non-hydrogen) atoms. The van der Waals surface area contributed by atoms with Crippen LogP contribution in [0.1, 0.15) is 11.4 Å². The number of carbonyl (C=O) groups is 1. The van der Waals surface area contributed by atoms with Crippen molar-refractivity contribution in [1.82, 2.24) is 9.97 Å². The molecule has 0 radical (unpaired) electrons. The molecule has 0 aliphatic carbocycles. The van der Waals surface area contributed by atoms with Crippen molar-refractivity contribution in [3.05, 3.63) is 58.1 Å². The second kappa shape index (κ2) is 7.37. The molecule has 3 rings (SSSR count). The fraction of sp³-hybridized carbons (Fsp3) is 0.0556. The third kappa shape index (κ3) is 3.90. The van der Waals surface area contributed by atoms with Crippen molar-refractivity contribution < 1.29 is 19.0 Å². The maximum atomic E-state index is 13.3. The van der Waals surface area contributed by atoms with Crippen LogP contribution in [0.15, 0.2) is 40.9 Å². The second-order valence-corrected chi connectivity index (χ2v) is 6.14. The van der Waals surface area contributed by atoms with E-state index in [2.05, 4.69) is 32.0 Å². The highest BCUT2D eigenvalue weighted by molar-refractivity contribution is 9.10. The van der Waals surface area contributed by atoms with Crippen molar-refractivity contribution in [1.29, 1.82) is 5.26 Å². The lowest BCUT2D eigenvalue weighted by atomic mass is 10.1. The Balaban J connectivity index is 1.92. The van der Waals surface area contributed by atoms with Gasteiger partial charge in [0.15, 0.2) is 6.61 Å². The summed E-state index contributed by atoms with van der Waals surface area (Å²) in [5, 5.41) is 18.1. The first-order valence-corrected chi connectivity index (χ1v) is 8.17. The Morgan fingerprint density at radius 3 is 2.88 bits per heavy atom. The van der Waals surface area contributed by atoms with Crippen LogP contribution in [-0.2, 0) is 4.79 Å². The number of aliphatic carboxylic acids is 1. The van der Waals surface area contributed by atoms with E-state index in [4.69, 9.17) is 9.84 Å². The number of hydrogen-bond donors (Lipinski definition) is 2. The molecule has 2 aromatic carbocycles. The van der Waals surface area contributed by atoms with Crippen molar-refractivity contribution >= 4 is 44.6 Å². The van der Waals surface area contributed by atoms with Gasteiger partial charge in [-0.3, -0.25) is 0 Å². The van der Waals surface area contributed by atoms with Gasteiger partial charge in [0.25, 0.3) is 0 Å². The molecule has 0 saturated heterocycles. The minimum atomic E-state index is -1.08. The number of halogens is 2. The molecule has 3 aromatic rings. The lowest BCUT2D eigenvalue weighted by Crippen LogP contribution is -2.09. The zero-order valence-corrected chi connectivity index (χ0v) is 14.7. The van der Waals surface area contributed by atoms with Gasteiger partial charge in [0.1, 0.15) is 23.5 Å². The number of carboxylic acid groups (broad SMARTS) is 1. The predicted molar refractivity (Wildman–Crippen MR) is 96.8 cm³/mol. The first-order chi connectivity index (χ1) is 12.5. The number of nitriles is 1. The average molecular weight is 416 g/mol. The number of benzene rings is 2. The van der Waals surface area contributed by atoms with Gasteiger partial charge in [-0.2, -0.15) is 5.26 Å². The van der Waals surface area contributed by atoms with E-state index in [9.17, 15) is 14.4 Å². The van der Waals surface area contributed by atoms with E-state index in [1.165, 1.54) is 18.2 Å². The summed E-state index contributed by atoms with van der Waals surface area (Å²) in [6, 6.07) is 11.2. The number of carboxylic acids is 1. The molecule has 6 nitrogen and oxygen atoms in total. The molecule has 8 heteroatoms. The van der Waals surface area contributed by atoms with Gasteiger partial charge >= 0.3 is 5.97 Å². The highest BCUT2D eigenvalue weighted by Crippen LogP contribution is 2.28. The monoisotopic (exact) mass is 415 g/mol. The SMILES string of the molecule is N#C/C(=C/c1ccc(OCC(=O)O)c(Br)c1)c1nc2ccc(F)cc2[nH]1. The number of aromatic nitrogens is 2. The van der Waals surface area contributed by atoms with Crippen LogP contribution in [0, 0.1) is 17.1 Å². The topological polar surface area (TPSA) is 99.0 Å². The average Bonchev–Trinajstić information content (AvgIpc) is 3.01. The van der Waals surface area contributed by atoms with E-state index in [1.807, 2.05) is 0 Å². The van der Waals surface area contributed by atoms with E-state index in [0.29, 0.717) is 32.6 Å². The van der Waals surface area contributed by atoms with E-state index in [1.54, 1.807) is 24.3 Å². The van der Waals surface area contributed by atoms with Crippen LogP contribution >= 0.6 is 15.9 Å². The van der Waals surface area contributed by atoms with Gasteiger partial charge in [0, 0.05) is 0 Å². The van der Waals surface area contributed by atoms with Gasteiger partial charge in [0.2, 0.25) is 0 Å². The first kappa shape index (κ1) is 17.6. The molecule has 0 spiro atoms. The molecule has 0 atom stereocenters. The molecule has 0 unspecified atom stereocenters. The number of ether oxygens (including phenoxy) is 1. The number of hydrogen-bond acceptors (Lipinski definition) is 4. The van der Waals surface area contributed by atoms with E-state index >= 15 is 0 Å². The number of H-pyrrole nitrogens is 1. The molecule has 0 saturated carbocycles. The van der Waals surface area contributed by atoms with Crippen LogP contribution in [0.3, 0.4) is 0 Å². The fourth-order valence-corrected chi connectivity index (χ4v) is 2.80. The number of allylic oxidation sites excluding steroid dienone is 1. The van der Waals surface area contributed by atoms with Crippen LogP contribution in [0.2, 0.25) is 0 Å². The standard InChI is InChI=1S/C18H11BrFN3O3/c19-13-6-10(1-4-16(13)26-9-17(24)25)5-11(8-21)18-22-14-3-2-12(20)7-15(14)23-18/h1-7H,9H2,(H,22,23)(H,24,25)/b11-5-. The molecular formula is C18H11BrFN3O3. The van der Waals surface area contributed by atoms with Gasteiger partial charge in [-0.05, 0) is 57.9 Å². The number of nitrogens with zero attached hydrogens (tertiary/aromatic N) is 2. The summed E-state index contributed by atoms with van der Waals surface area (Å²) in [6.07, 6.45) is 1.61. The molecular weight excluding hydrogens is 405 g/mol. The van der Waals surface area contributed by atoms with Gasteiger partial charge in [-0.1, -0.05) is 6.07 Å². The quantitative estimate of drug-likeness (QED) is 0.613. The molecule has 0 amide bonds. The summed E-state index contributed by atoms with van der Waals surface area (Å²) in [5.74, 6) is -0.761. The maximum absolute atomic E-state index is 13.3. The van der Waals surface area contributed by atoms with E-state index in [0.717, 1.165) is 0 Å². The third-order valence-electron chi connectivity index (χ3n) is 3.44. The van der Waals surface area contributed by atoms with Crippen LogP contribution in [0.5, 0.6) is 5.75 Å². The summed E-state index contributed by atoms with van der Waals surface area (Å²) in [7, 11) is 0. The Morgan fingerprint density at radius 2 is 2.19 bits per heavy atom. The number of imidazole rings is 1. The van der Waals surface area contributed by atoms with Gasteiger partial charge in [0.05, 0.1) is 21.1 Å². The lowest BCUT2D eigenvalue weighted by molar-refractivity contribution is -0.139. The summed E-state index contributed by atoms with van der Waals surface area (Å²) in [6.45, 7) is -0.452. The lowest BCUT2D eigenvalue weighted by Gasteiger charge is -2.06. The Kier molecular flexibility index (Phi) is 5.00. The predicted octanol–water partition coefficient (Wildman–Crippen LogP) is 3.99.